The summed E-state index contributed by atoms with van der Waals surface area (Å²) in [4.78, 5) is 26.2. The maximum Gasteiger partial charge on any atom is 0.252 e. The molecule has 4 nitrogen and oxygen atoms in total. The Morgan fingerprint density at radius 1 is 1.05 bits per heavy atom. The molecule has 0 bridgehead atoms. The van der Waals surface area contributed by atoms with Crippen molar-refractivity contribution in [2.45, 2.75) is 58.0 Å². The maximum atomic E-state index is 12.5. The van der Waals surface area contributed by atoms with Crippen molar-refractivity contribution in [3.63, 3.8) is 0 Å². The Balaban J connectivity index is 1.74. The molecule has 1 aromatic carbocycles. The lowest BCUT2D eigenvalue weighted by Gasteiger charge is -2.22. The molecular formula is C17H22N2O2. The first-order valence-corrected chi connectivity index (χ1v) is 7.75. The number of hydrogen-bond acceptors (Lipinski definition) is 3. The van der Waals surface area contributed by atoms with Crippen molar-refractivity contribution in [1.82, 2.24) is 4.90 Å². The molecule has 1 N–H and O–H groups in total. The van der Waals surface area contributed by atoms with E-state index >= 15 is 0 Å². The molecule has 0 aromatic heterocycles. The van der Waals surface area contributed by atoms with Crippen LogP contribution in [0.4, 0.5) is 5.69 Å². The lowest BCUT2D eigenvalue weighted by atomic mass is 10.1. The summed E-state index contributed by atoms with van der Waals surface area (Å²) in [5, 5.41) is 3.24. The Kier molecular flexibility index (Phi) is 3.70. The average molecular weight is 286 g/mol. The number of hydrogen-bond donors (Lipinski definition) is 1. The Hall–Kier alpha value is -1.84. The number of imide groups is 1. The number of benzene rings is 1. The van der Waals surface area contributed by atoms with E-state index < -0.39 is 6.04 Å². The third-order valence-electron chi connectivity index (χ3n) is 4.44. The lowest BCUT2D eigenvalue weighted by molar-refractivity contribution is -0.141. The SMILES string of the molecule is Cc1cc(C)cc(NC2CC(=O)N(C3CCCC3)C2=O)c1. The molecule has 3 rings (SSSR count). The summed E-state index contributed by atoms with van der Waals surface area (Å²) in [6.07, 6.45) is 4.46. The normalized spacial score (nSPS) is 23.1. The zero-order valence-corrected chi connectivity index (χ0v) is 12.7. The van der Waals surface area contributed by atoms with Gasteiger partial charge in [0, 0.05) is 11.7 Å². The fourth-order valence-corrected chi connectivity index (χ4v) is 3.57. The first kappa shape index (κ1) is 14.1. The van der Waals surface area contributed by atoms with Gasteiger partial charge >= 0.3 is 0 Å². The summed E-state index contributed by atoms with van der Waals surface area (Å²) in [5.41, 5.74) is 3.23. The maximum absolute atomic E-state index is 12.5. The van der Waals surface area contributed by atoms with Crippen LogP contribution in [0.15, 0.2) is 18.2 Å². The second kappa shape index (κ2) is 5.51. The molecule has 1 aliphatic heterocycles. The third kappa shape index (κ3) is 2.80. The minimum atomic E-state index is -0.403. The number of aryl methyl sites for hydroxylation is 2. The van der Waals surface area contributed by atoms with Crippen LogP contribution in [0.2, 0.25) is 0 Å². The van der Waals surface area contributed by atoms with Gasteiger partial charge in [-0.1, -0.05) is 18.9 Å². The van der Waals surface area contributed by atoms with Crippen LogP contribution in [0.1, 0.15) is 43.2 Å². The van der Waals surface area contributed by atoms with Crippen LogP contribution in [0, 0.1) is 13.8 Å². The molecule has 2 fully saturated rings. The minimum Gasteiger partial charge on any atom is -0.373 e. The van der Waals surface area contributed by atoms with Crippen molar-refractivity contribution >= 4 is 17.5 Å². The number of nitrogens with zero attached hydrogens (tertiary/aromatic N) is 1. The summed E-state index contributed by atoms with van der Waals surface area (Å²) in [7, 11) is 0. The van der Waals surface area contributed by atoms with Gasteiger partial charge in [0.2, 0.25) is 5.91 Å². The Morgan fingerprint density at radius 2 is 1.67 bits per heavy atom. The zero-order valence-electron chi connectivity index (χ0n) is 12.7. The minimum absolute atomic E-state index is 0.0197. The van der Waals surface area contributed by atoms with Gasteiger partial charge in [0.05, 0.1) is 6.42 Å². The molecule has 4 heteroatoms. The zero-order chi connectivity index (χ0) is 15.0. The fraction of sp³-hybridized carbons (Fsp3) is 0.529. The van der Waals surface area contributed by atoms with Crippen molar-refractivity contribution in [3.05, 3.63) is 29.3 Å². The second-order valence-corrected chi connectivity index (χ2v) is 6.32. The molecule has 112 valence electrons. The molecule has 0 spiro atoms. The fourth-order valence-electron chi connectivity index (χ4n) is 3.57. The predicted molar refractivity (Wildman–Crippen MR) is 82.1 cm³/mol. The van der Waals surface area contributed by atoms with Crippen LogP contribution in [0.3, 0.4) is 0 Å². The van der Waals surface area contributed by atoms with E-state index in [0.29, 0.717) is 0 Å². The van der Waals surface area contributed by atoms with E-state index in [-0.39, 0.29) is 24.3 Å². The van der Waals surface area contributed by atoms with Crippen LogP contribution in [-0.2, 0) is 9.59 Å². The molecule has 21 heavy (non-hydrogen) atoms. The molecule has 1 saturated carbocycles. The molecule has 1 saturated heterocycles. The molecule has 2 amide bonds. The van der Waals surface area contributed by atoms with E-state index in [4.69, 9.17) is 0 Å². The highest BCUT2D eigenvalue weighted by molar-refractivity contribution is 6.07. The highest BCUT2D eigenvalue weighted by Gasteiger charge is 2.42. The highest BCUT2D eigenvalue weighted by Crippen LogP contribution is 2.29. The van der Waals surface area contributed by atoms with E-state index in [1.807, 2.05) is 26.0 Å². The van der Waals surface area contributed by atoms with Gasteiger partial charge in [-0.05, 0) is 49.9 Å². The summed E-state index contributed by atoms with van der Waals surface area (Å²) in [5.74, 6) is -0.0696. The molecular weight excluding hydrogens is 264 g/mol. The van der Waals surface area contributed by atoms with Crippen LogP contribution < -0.4 is 5.32 Å². The first-order valence-electron chi connectivity index (χ1n) is 7.75. The van der Waals surface area contributed by atoms with Gasteiger partial charge < -0.3 is 5.32 Å². The number of carbonyl (C=O) groups is 2. The van der Waals surface area contributed by atoms with Crippen LogP contribution in [0.25, 0.3) is 0 Å². The number of carbonyl (C=O) groups excluding carboxylic acids is 2. The van der Waals surface area contributed by atoms with Crippen molar-refractivity contribution in [2.75, 3.05) is 5.32 Å². The van der Waals surface area contributed by atoms with E-state index in [1.54, 1.807) is 0 Å². The van der Waals surface area contributed by atoms with E-state index in [2.05, 4.69) is 11.4 Å². The standard InChI is InChI=1S/C17H22N2O2/c1-11-7-12(2)9-13(8-11)18-15-10-16(20)19(17(15)21)14-5-3-4-6-14/h7-9,14-15,18H,3-6,10H2,1-2H3. The number of likely N-dealkylation sites (tertiary alicyclic amines) is 1. The van der Waals surface area contributed by atoms with E-state index in [0.717, 1.165) is 42.5 Å². The van der Waals surface area contributed by atoms with E-state index in [9.17, 15) is 9.59 Å². The third-order valence-corrected chi connectivity index (χ3v) is 4.44. The predicted octanol–water partition coefficient (Wildman–Crippen LogP) is 2.79. The lowest BCUT2D eigenvalue weighted by Crippen LogP contribution is -2.40. The quantitative estimate of drug-likeness (QED) is 0.869. The van der Waals surface area contributed by atoms with Gasteiger partial charge in [0.25, 0.3) is 5.91 Å². The van der Waals surface area contributed by atoms with Crippen molar-refractivity contribution in [2.24, 2.45) is 0 Å². The van der Waals surface area contributed by atoms with Crippen LogP contribution in [-0.4, -0.2) is 28.8 Å². The van der Waals surface area contributed by atoms with Gasteiger partial charge in [0.15, 0.2) is 0 Å². The largest absolute Gasteiger partial charge is 0.373 e. The van der Waals surface area contributed by atoms with Crippen molar-refractivity contribution in [1.29, 1.82) is 0 Å². The summed E-state index contributed by atoms with van der Waals surface area (Å²) in [6, 6.07) is 5.86. The summed E-state index contributed by atoms with van der Waals surface area (Å²) >= 11 is 0. The Morgan fingerprint density at radius 3 is 2.29 bits per heavy atom. The first-order chi connectivity index (χ1) is 10.0. The van der Waals surface area contributed by atoms with Crippen LogP contribution >= 0.6 is 0 Å². The Bertz CT molecular complexity index is 556. The number of rotatable bonds is 3. The van der Waals surface area contributed by atoms with E-state index in [1.165, 1.54) is 4.90 Å². The molecule has 1 atom stereocenters. The number of nitrogens with one attached hydrogen (secondary N) is 1. The van der Waals surface area contributed by atoms with Gasteiger partial charge in [-0.25, -0.2) is 0 Å². The summed E-state index contributed by atoms with van der Waals surface area (Å²) < 4.78 is 0. The van der Waals surface area contributed by atoms with Gasteiger partial charge in [0.1, 0.15) is 6.04 Å². The van der Waals surface area contributed by atoms with Gasteiger partial charge in [-0.3, -0.25) is 14.5 Å². The Labute approximate surface area is 125 Å². The molecule has 1 aliphatic carbocycles. The van der Waals surface area contributed by atoms with Crippen molar-refractivity contribution < 1.29 is 9.59 Å². The van der Waals surface area contributed by atoms with Crippen molar-refractivity contribution in [3.8, 4) is 0 Å². The topological polar surface area (TPSA) is 49.4 Å². The smallest absolute Gasteiger partial charge is 0.252 e. The highest BCUT2D eigenvalue weighted by atomic mass is 16.2. The summed E-state index contributed by atoms with van der Waals surface area (Å²) in [6.45, 7) is 4.06. The molecule has 1 heterocycles. The number of anilines is 1. The van der Waals surface area contributed by atoms with Gasteiger partial charge in [-0.2, -0.15) is 0 Å². The molecule has 1 aromatic rings. The second-order valence-electron chi connectivity index (χ2n) is 6.32. The monoisotopic (exact) mass is 286 g/mol. The average Bonchev–Trinajstić information content (AvgIpc) is 2.98. The molecule has 1 unspecified atom stereocenters. The van der Waals surface area contributed by atoms with Gasteiger partial charge in [-0.15, -0.1) is 0 Å². The molecule has 2 aliphatic rings. The number of amides is 2. The van der Waals surface area contributed by atoms with Crippen LogP contribution in [0.5, 0.6) is 0 Å². The molecule has 0 radical (unpaired) electrons.